The minimum Gasteiger partial charge on any atom is -0.462 e. The molecule has 1 aromatic carbocycles. The number of halogens is 1. The Morgan fingerprint density at radius 2 is 2.03 bits per heavy atom. The summed E-state index contributed by atoms with van der Waals surface area (Å²) in [5.41, 5.74) is 0.839. The predicted molar refractivity (Wildman–Crippen MR) is 106 cm³/mol. The number of rotatable bonds is 5. The minimum atomic E-state index is -0.520. The first-order chi connectivity index (χ1) is 14.0. The fourth-order valence-corrected chi connectivity index (χ4v) is 3.04. The van der Waals surface area contributed by atoms with Gasteiger partial charge in [0.1, 0.15) is 23.2 Å². The summed E-state index contributed by atoms with van der Waals surface area (Å²) in [6.45, 7) is 3.75. The summed E-state index contributed by atoms with van der Waals surface area (Å²) in [5.74, 6) is -0.0564. The molecule has 0 atom stereocenters. The van der Waals surface area contributed by atoms with E-state index in [-0.39, 0.29) is 28.7 Å². The zero-order valence-corrected chi connectivity index (χ0v) is 16.6. The van der Waals surface area contributed by atoms with Gasteiger partial charge in [-0.3, -0.25) is 4.79 Å². The molecule has 7 nitrogen and oxygen atoms in total. The fourth-order valence-electron chi connectivity index (χ4n) is 2.85. The summed E-state index contributed by atoms with van der Waals surface area (Å²) in [7, 11) is 0. The van der Waals surface area contributed by atoms with E-state index >= 15 is 0 Å². The monoisotopic (exact) mass is 414 g/mol. The third kappa shape index (κ3) is 4.86. The Hall–Kier alpha value is -3.08. The molecule has 1 aliphatic rings. The molecule has 29 heavy (non-hydrogen) atoms. The van der Waals surface area contributed by atoms with Crippen molar-refractivity contribution in [1.82, 2.24) is 4.90 Å². The van der Waals surface area contributed by atoms with Crippen LogP contribution >= 0.6 is 11.6 Å². The van der Waals surface area contributed by atoms with Crippen molar-refractivity contribution < 1.29 is 23.5 Å². The van der Waals surface area contributed by atoms with Crippen molar-refractivity contribution >= 4 is 29.6 Å². The third-order valence-corrected chi connectivity index (χ3v) is 4.64. The number of nitrogens with zero attached hydrogens (tertiary/aromatic N) is 2. The highest BCUT2D eigenvalue weighted by Crippen LogP contribution is 2.28. The topological polar surface area (TPSA) is 92.8 Å². The van der Waals surface area contributed by atoms with Crippen LogP contribution < -0.4 is 0 Å². The molecule has 0 radical (unpaired) electrons. The standard InChI is InChI=1S/C21H19ClN2O5/c1-2-28-21(26)17-12-14(3-5-18(17)22)19-6-4-16(29-19)11-15(13-23)20(25)24-7-9-27-10-8-24/h3-6,11-12H,2,7-10H2,1H3/b15-11+. The summed E-state index contributed by atoms with van der Waals surface area (Å²) in [6.07, 6.45) is 1.41. The van der Waals surface area contributed by atoms with Gasteiger partial charge in [0, 0.05) is 24.7 Å². The molecule has 1 fully saturated rings. The van der Waals surface area contributed by atoms with E-state index in [1.807, 2.05) is 6.07 Å². The first-order valence-electron chi connectivity index (χ1n) is 9.09. The minimum absolute atomic E-state index is 0.0175. The van der Waals surface area contributed by atoms with Crippen LogP contribution in [0.2, 0.25) is 5.02 Å². The predicted octanol–water partition coefficient (Wildman–Crippen LogP) is 3.54. The molecule has 150 valence electrons. The van der Waals surface area contributed by atoms with E-state index in [1.165, 1.54) is 6.08 Å². The number of esters is 1. The van der Waals surface area contributed by atoms with Crippen molar-refractivity contribution in [3.63, 3.8) is 0 Å². The van der Waals surface area contributed by atoms with Gasteiger partial charge in [0.15, 0.2) is 0 Å². The summed E-state index contributed by atoms with van der Waals surface area (Å²) >= 11 is 6.09. The molecule has 0 spiro atoms. The molecule has 0 unspecified atom stereocenters. The number of hydrogen-bond donors (Lipinski definition) is 0. The van der Waals surface area contributed by atoms with Gasteiger partial charge in [0.2, 0.25) is 0 Å². The van der Waals surface area contributed by atoms with E-state index in [0.29, 0.717) is 43.4 Å². The number of nitriles is 1. The number of carbonyl (C=O) groups excluding carboxylic acids is 2. The van der Waals surface area contributed by atoms with E-state index in [4.69, 9.17) is 25.5 Å². The first-order valence-corrected chi connectivity index (χ1v) is 9.47. The van der Waals surface area contributed by atoms with Gasteiger partial charge < -0.3 is 18.8 Å². The van der Waals surface area contributed by atoms with Gasteiger partial charge in [-0.25, -0.2) is 4.79 Å². The molecule has 1 aliphatic heterocycles. The number of carbonyl (C=O) groups is 2. The largest absolute Gasteiger partial charge is 0.462 e. The molecular weight excluding hydrogens is 396 g/mol. The number of morpholine rings is 1. The molecule has 0 saturated carbocycles. The Labute approximate surface area is 173 Å². The summed E-state index contributed by atoms with van der Waals surface area (Å²) in [4.78, 5) is 26.1. The smallest absolute Gasteiger partial charge is 0.339 e. The van der Waals surface area contributed by atoms with Gasteiger partial charge in [0.25, 0.3) is 5.91 Å². The van der Waals surface area contributed by atoms with E-state index in [2.05, 4.69) is 0 Å². The average molecular weight is 415 g/mol. The van der Waals surface area contributed by atoms with Crippen LogP contribution in [-0.2, 0) is 14.3 Å². The van der Waals surface area contributed by atoms with Gasteiger partial charge in [-0.15, -0.1) is 0 Å². The molecule has 1 aromatic heterocycles. The normalized spacial score (nSPS) is 14.4. The lowest BCUT2D eigenvalue weighted by molar-refractivity contribution is -0.130. The highest BCUT2D eigenvalue weighted by molar-refractivity contribution is 6.33. The lowest BCUT2D eigenvalue weighted by atomic mass is 10.1. The molecule has 8 heteroatoms. The molecule has 0 bridgehead atoms. The highest BCUT2D eigenvalue weighted by atomic mass is 35.5. The molecule has 0 N–H and O–H groups in total. The summed E-state index contributed by atoms with van der Waals surface area (Å²) < 4.78 is 16.0. The summed E-state index contributed by atoms with van der Waals surface area (Å²) in [5, 5.41) is 9.67. The van der Waals surface area contributed by atoms with E-state index in [0.717, 1.165) is 0 Å². The molecule has 2 heterocycles. The number of ether oxygens (including phenoxy) is 2. The zero-order valence-electron chi connectivity index (χ0n) is 15.8. The number of hydrogen-bond acceptors (Lipinski definition) is 6. The highest BCUT2D eigenvalue weighted by Gasteiger charge is 2.21. The Bertz CT molecular complexity index is 983. The average Bonchev–Trinajstić information content (AvgIpc) is 3.21. The third-order valence-electron chi connectivity index (χ3n) is 4.31. The molecule has 0 aliphatic carbocycles. The zero-order chi connectivity index (χ0) is 20.8. The lowest BCUT2D eigenvalue weighted by Gasteiger charge is -2.26. The number of benzene rings is 1. The van der Waals surface area contributed by atoms with Crippen molar-refractivity contribution in [3.05, 3.63) is 52.3 Å². The van der Waals surface area contributed by atoms with E-state index in [1.54, 1.807) is 42.2 Å². The van der Waals surface area contributed by atoms with Crippen LogP contribution in [0.1, 0.15) is 23.0 Å². The molecule has 3 rings (SSSR count). The van der Waals surface area contributed by atoms with Crippen LogP contribution in [0.15, 0.2) is 40.3 Å². The Balaban J connectivity index is 1.84. The maximum atomic E-state index is 12.5. The van der Waals surface area contributed by atoms with Gasteiger partial charge in [-0.2, -0.15) is 5.26 Å². The van der Waals surface area contributed by atoms with Crippen molar-refractivity contribution in [1.29, 1.82) is 5.26 Å². The summed E-state index contributed by atoms with van der Waals surface area (Å²) in [6, 6.07) is 10.2. The van der Waals surface area contributed by atoms with Crippen LogP contribution in [0.4, 0.5) is 0 Å². The molecular formula is C21H19ClN2O5. The molecule has 1 saturated heterocycles. The van der Waals surface area contributed by atoms with Gasteiger partial charge in [-0.1, -0.05) is 11.6 Å². The van der Waals surface area contributed by atoms with E-state index in [9.17, 15) is 14.9 Å². The van der Waals surface area contributed by atoms with Gasteiger partial charge in [0.05, 0.1) is 30.4 Å². The van der Waals surface area contributed by atoms with Crippen molar-refractivity contribution in [2.75, 3.05) is 32.9 Å². The Morgan fingerprint density at radius 3 is 2.72 bits per heavy atom. The fraction of sp³-hybridized carbons (Fsp3) is 0.286. The van der Waals surface area contributed by atoms with Crippen molar-refractivity contribution in [3.8, 4) is 17.4 Å². The SMILES string of the molecule is CCOC(=O)c1cc(-c2ccc(/C=C(\C#N)C(=O)N3CCOCC3)o2)ccc1Cl. The Kier molecular flexibility index (Phi) is 6.70. The number of amides is 1. The second-order valence-electron chi connectivity index (χ2n) is 6.19. The van der Waals surface area contributed by atoms with Gasteiger partial charge >= 0.3 is 5.97 Å². The van der Waals surface area contributed by atoms with Crippen LogP contribution in [0.25, 0.3) is 17.4 Å². The maximum absolute atomic E-state index is 12.5. The van der Waals surface area contributed by atoms with Crippen LogP contribution in [0.5, 0.6) is 0 Å². The van der Waals surface area contributed by atoms with Crippen LogP contribution in [-0.4, -0.2) is 49.7 Å². The Morgan fingerprint density at radius 1 is 1.28 bits per heavy atom. The van der Waals surface area contributed by atoms with Crippen LogP contribution in [0, 0.1) is 11.3 Å². The quantitative estimate of drug-likeness (QED) is 0.422. The maximum Gasteiger partial charge on any atom is 0.339 e. The van der Waals surface area contributed by atoms with Gasteiger partial charge in [-0.05, 0) is 37.3 Å². The number of furan rings is 1. The van der Waals surface area contributed by atoms with Crippen molar-refractivity contribution in [2.45, 2.75) is 6.92 Å². The molecule has 1 amide bonds. The van der Waals surface area contributed by atoms with Crippen LogP contribution in [0.3, 0.4) is 0 Å². The molecule has 2 aromatic rings. The second kappa shape index (κ2) is 9.41. The van der Waals surface area contributed by atoms with Crippen molar-refractivity contribution in [2.24, 2.45) is 0 Å². The lowest BCUT2D eigenvalue weighted by Crippen LogP contribution is -2.41. The van der Waals surface area contributed by atoms with E-state index < -0.39 is 5.97 Å². The second-order valence-corrected chi connectivity index (χ2v) is 6.60. The first kappa shape index (κ1) is 20.6.